The zero-order valence-corrected chi connectivity index (χ0v) is 9.82. The molecule has 1 aliphatic carbocycles. The van der Waals surface area contributed by atoms with Gasteiger partial charge in [-0.05, 0) is 33.0 Å². The van der Waals surface area contributed by atoms with E-state index in [-0.39, 0.29) is 0 Å². The SMILES string of the molecule is CNC(N)(O)[NH+]([O-])C1(C)C=CC=C(C)C=C1. The summed E-state index contributed by atoms with van der Waals surface area (Å²) < 4.78 is 0. The van der Waals surface area contributed by atoms with E-state index in [0.717, 1.165) is 5.57 Å². The molecule has 0 amide bonds. The first-order valence-corrected chi connectivity index (χ1v) is 5.12. The molecule has 0 saturated heterocycles. The minimum absolute atomic E-state index is 0.488. The molecule has 0 saturated carbocycles. The zero-order valence-electron chi connectivity index (χ0n) is 9.82. The minimum Gasteiger partial charge on any atom is -0.629 e. The maximum absolute atomic E-state index is 12.1. The Balaban J connectivity index is 3.00. The Kier molecular flexibility index (Phi) is 3.67. The Morgan fingerprint density at radius 1 is 1.56 bits per heavy atom. The zero-order chi connectivity index (χ0) is 12.4. The number of hydrogen-bond donors (Lipinski definition) is 4. The van der Waals surface area contributed by atoms with Crippen LogP contribution in [0, 0.1) is 5.21 Å². The Bertz CT molecular complexity index is 347. The molecule has 0 radical (unpaired) electrons. The van der Waals surface area contributed by atoms with Gasteiger partial charge in [0.05, 0.1) is 0 Å². The third-order valence-corrected chi connectivity index (χ3v) is 2.71. The van der Waals surface area contributed by atoms with Crippen LogP contribution in [0.4, 0.5) is 0 Å². The van der Waals surface area contributed by atoms with Gasteiger partial charge in [-0.3, -0.25) is 0 Å². The number of quaternary nitrogens is 1. The number of nitrogens with one attached hydrogen (secondary N) is 2. The Morgan fingerprint density at radius 3 is 2.75 bits per heavy atom. The summed E-state index contributed by atoms with van der Waals surface area (Å²) in [5, 5.41) is 23.7. The summed E-state index contributed by atoms with van der Waals surface area (Å²) >= 11 is 0. The van der Waals surface area contributed by atoms with Crippen LogP contribution in [0.3, 0.4) is 0 Å². The van der Waals surface area contributed by atoms with Crippen LogP contribution in [-0.2, 0) is 0 Å². The average molecular weight is 225 g/mol. The van der Waals surface area contributed by atoms with Crippen molar-refractivity contribution in [3.8, 4) is 0 Å². The lowest BCUT2D eigenvalue weighted by molar-refractivity contribution is -0.970. The molecule has 3 unspecified atom stereocenters. The molecule has 1 aliphatic rings. The van der Waals surface area contributed by atoms with Gasteiger partial charge >= 0.3 is 5.97 Å². The summed E-state index contributed by atoms with van der Waals surface area (Å²) in [6, 6.07) is 0. The fourth-order valence-electron chi connectivity index (χ4n) is 1.49. The third kappa shape index (κ3) is 2.58. The van der Waals surface area contributed by atoms with Crippen LogP contribution in [0.15, 0.2) is 36.0 Å². The first-order valence-electron chi connectivity index (χ1n) is 5.12. The van der Waals surface area contributed by atoms with E-state index < -0.39 is 16.6 Å². The lowest BCUT2D eigenvalue weighted by atomic mass is 10.0. The molecular formula is C11H19N3O2. The van der Waals surface area contributed by atoms with Crippen molar-refractivity contribution >= 4 is 0 Å². The molecule has 3 atom stereocenters. The molecule has 0 fully saturated rings. The molecule has 0 bridgehead atoms. The second kappa shape index (κ2) is 4.48. The van der Waals surface area contributed by atoms with E-state index in [0.29, 0.717) is 0 Å². The monoisotopic (exact) mass is 225 g/mol. The summed E-state index contributed by atoms with van der Waals surface area (Å²) in [6.45, 7) is 3.65. The molecule has 0 aliphatic heterocycles. The fourth-order valence-corrected chi connectivity index (χ4v) is 1.49. The van der Waals surface area contributed by atoms with Gasteiger partial charge in [0.25, 0.3) is 0 Å². The van der Waals surface area contributed by atoms with Crippen molar-refractivity contribution < 1.29 is 10.2 Å². The predicted octanol–water partition coefficient (Wildman–Crippen LogP) is -1.02. The highest BCUT2D eigenvalue weighted by Gasteiger charge is 2.38. The Morgan fingerprint density at radius 2 is 2.19 bits per heavy atom. The van der Waals surface area contributed by atoms with E-state index in [1.165, 1.54) is 7.05 Å². The van der Waals surface area contributed by atoms with E-state index >= 15 is 0 Å². The van der Waals surface area contributed by atoms with Gasteiger partial charge in [-0.1, -0.05) is 23.8 Å². The van der Waals surface area contributed by atoms with Gasteiger partial charge in [0, 0.05) is 0 Å². The first kappa shape index (κ1) is 13.1. The number of rotatable bonds is 3. The summed E-state index contributed by atoms with van der Waals surface area (Å²) in [7, 11) is 1.44. The largest absolute Gasteiger partial charge is 0.629 e. The van der Waals surface area contributed by atoms with Crippen LogP contribution >= 0.6 is 0 Å². The van der Waals surface area contributed by atoms with Crippen molar-refractivity contribution in [1.29, 1.82) is 0 Å². The summed E-state index contributed by atoms with van der Waals surface area (Å²) in [6.07, 6.45) is 8.98. The Labute approximate surface area is 95.5 Å². The van der Waals surface area contributed by atoms with Gasteiger partial charge in [-0.2, -0.15) is 0 Å². The maximum Gasteiger partial charge on any atom is 0.322 e. The molecule has 5 N–H and O–H groups in total. The minimum atomic E-state index is -2.01. The second-order valence-electron chi connectivity index (χ2n) is 4.23. The van der Waals surface area contributed by atoms with Crippen molar-refractivity contribution in [2.24, 2.45) is 5.73 Å². The normalized spacial score (nSPS) is 30.5. The highest BCUT2D eigenvalue weighted by atomic mass is 16.6. The fraction of sp³-hybridized carbons (Fsp3) is 0.455. The first-order chi connectivity index (χ1) is 7.32. The summed E-state index contributed by atoms with van der Waals surface area (Å²) in [5.41, 5.74) is 5.61. The third-order valence-electron chi connectivity index (χ3n) is 2.71. The van der Waals surface area contributed by atoms with E-state index in [1.807, 2.05) is 19.1 Å². The van der Waals surface area contributed by atoms with Crippen molar-refractivity contribution in [3.05, 3.63) is 41.2 Å². The van der Waals surface area contributed by atoms with Gasteiger partial charge in [0.15, 0.2) is 0 Å². The van der Waals surface area contributed by atoms with Gasteiger partial charge in [-0.15, -0.1) is 0 Å². The van der Waals surface area contributed by atoms with Crippen LogP contribution in [0.2, 0.25) is 0 Å². The predicted molar refractivity (Wildman–Crippen MR) is 63.0 cm³/mol. The van der Waals surface area contributed by atoms with Gasteiger partial charge < -0.3 is 15.4 Å². The Hall–Kier alpha value is -0.980. The average Bonchev–Trinajstić information content (AvgIpc) is 2.41. The molecule has 0 aromatic carbocycles. The number of nitrogens with two attached hydrogens (primary N) is 1. The molecule has 0 aromatic heterocycles. The lowest BCUT2D eigenvalue weighted by Crippen LogP contribution is -3.26. The number of allylic oxidation sites excluding steroid dienone is 4. The lowest BCUT2D eigenvalue weighted by Gasteiger charge is -2.44. The summed E-state index contributed by atoms with van der Waals surface area (Å²) in [5.74, 6) is -2.01. The molecule has 16 heavy (non-hydrogen) atoms. The molecule has 0 spiro atoms. The van der Waals surface area contributed by atoms with E-state index in [9.17, 15) is 10.3 Å². The smallest absolute Gasteiger partial charge is 0.322 e. The quantitative estimate of drug-likeness (QED) is 0.366. The van der Waals surface area contributed by atoms with E-state index in [1.54, 1.807) is 25.2 Å². The van der Waals surface area contributed by atoms with Crippen molar-refractivity contribution in [2.45, 2.75) is 25.4 Å². The highest BCUT2D eigenvalue weighted by Crippen LogP contribution is 2.11. The van der Waals surface area contributed by atoms with Crippen molar-refractivity contribution in [2.75, 3.05) is 7.05 Å². The van der Waals surface area contributed by atoms with E-state index in [2.05, 4.69) is 5.32 Å². The summed E-state index contributed by atoms with van der Waals surface area (Å²) in [4.78, 5) is 0. The van der Waals surface area contributed by atoms with Crippen LogP contribution in [0.25, 0.3) is 0 Å². The molecule has 0 aromatic rings. The van der Waals surface area contributed by atoms with Gasteiger partial charge in [0.1, 0.15) is 5.54 Å². The van der Waals surface area contributed by atoms with Crippen molar-refractivity contribution in [1.82, 2.24) is 5.32 Å². The number of hydroxylamine groups is 2. The van der Waals surface area contributed by atoms with Gasteiger partial charge in [-0.25, -0.2) is 11.1 Å². The van der Waals surface area contributed by atoms with Crippen LogP contribution in [0.1, 0.15) is 13.8 Å². The van der Waals surface area contributed by atoms with Crippen LogP contribution in [0.5, 0.6) is 0 Å². The van der Waals surface area contributed by atoms with Crippen molar-refractivity contribution in [3.63, 3.8) is 0 Å². The highest BCUT2D eigenvalue weighted by molar-refractivity contribution is 5.30. The number of aliphatic hydroxyl groups is 1. The number of hydrogen-bond acceptors (Lipinski definition) is 4. The van der Waals surface area contributed by atoms with Crippen LogP contribution in [-0.4, -0.2) is 23.7 Å². The molecule has 5 nitrogen and oxygen atoms in total. The van der Waals surface area contributed by atoms with Crippen LogP contribution < -0.4 is 16.1 Å². The molecule has 90 valence electrons. The molecule has 1 rings (SSSR count). The second-order valence-corrected chi connectivity index (χ2v) is 4.23. The van der Waals surface area contributed by atoms with Gasteiger partial charge in [0.2, 0.25) is 0 Å². The maximum atomic E-state index is 12.1. The standard InChI is InChI=1S/C11H19N3O2/c1-9-5-4-7-10(2,8-6-9)14(16)11(12,15)13-3/h4-8,13-15H,12H2,1-3H3. The molecule has 5 heteroatoms. The topological polar surface area (TPSA) is 85.8 Å². The molecular weight excluding hydrogens is 206 g/mol. The molecule has 0 heterocycles. The van der Waals surface area contributed by atoms with E-state index in [4.69, 9.17) is 5.73 Å².